The number of anilines is 2. The molecule has 1 aliphatic heterocycles. The summed E-state index contributed by atoms with van der Waals surface area (Å²) in [5.74, 6) is 8.18. The number of benzene rings is 1. The van der Waals surface area contributed by atoms with Gasteiger partial charge in [-0.1, -0.05) is 23.6 Å². The van der Waals surface area contributed by atoms with E-state index in [1.807, 2.05) is 35.6 Å². The molecule has 1 atom stereocenters. The lowest BCUT2D eigenvalue weighted by molar-refractivity contribution is 0.102. The van der Waals surface area contributed by atoms with Crippen molar-refractivity contribution < 1.29 is 4.79 Å². The summed E-state index contributed by atoms with van der Waals surface area (Å²) in [7, 11) is 0. The Morgan fingerprint density at radius 2 is 1.97 bits per heavy atom. The van der Waals surface area contributed by atoms with Gasteiger partial charge in [-0.05, 0) is 74.5 Å². The van der Waals surface area contributed by atoms with Gasteiger partial charge < -0.3 is 11.1 Å². The van der Waals surface area contributed by atoms with E-state index >= 15 is 0 Å². The molecule has 2 aliphatic rings. The summed E-state index contributed by atoms with van der Waals surface area (Å²) in [4.78, 5) is 29.0. The van der Waals surface area contributed by atoms with Gasteiger partial charge in [-0.25, -0.2) is 15.0 Å². The first kappa shape index (κ1) is 24.4. The number of halogens is 1. The van der Waals surface area contributed by atoms with Gasteiger partial charge in [0.15, 0.2) is 0 Å². The van der Waals surface area contributed by atoms with Gasteiger partial charge in [0, 0.05) is 30.4 Å². The Bertz CT molecular complexity index is 1600. The smallest absolute Gasteiger partial charge is 0.258 e. The van der Waals surface area contributed by atoms with E-state index in [2.05, 4.69) is 32.0 Å². The number of imidazole rings is 1. The summed E-state index contributed by atoms with van der Waals surface area (Å²) in [6.07, 6.45) is 6.80. The molecule has 1 saturated carbocycles. The van der Waals surface area contributed by atoms with Crippen molar-refractivity contribution >= 4 is 34.8 Å². The third-order valence-electron chi connectivity index (χ3n) is 7.29. The van der Waals surface area contributed by atoms with Crippen LogP contribution in [0.4, 0.5) is 11.8 Å². The van der Waals surface area contributed by atoms with Crippen LogP contribution in [0, 0.1) is 11.8 Å². The minimum atomic E-state index is -0.307. The van der Waals surface area contributed by atoms with Crippen LogP contribution in [0.25, 0.3) is 16.9 Å². The zero-order chi connectivity index (χ0) is 26.2. The highest BCUT2D eigenvalue weighted by Crippen LogP contribution is 2.40. The maximum Gasteiger partial charge on any atom is 0.258 e. The lowest BCUT2D eigenvalue weighted by atomic mass is 10.0. The highest BCUT2D eigenvalue weighted by Gasteiger charge is 2.29. The molecule has 8 nitrogen and oxygen atoms in total. The second kappa shape index (κ2) is 10.1. The van der Waals surface area contributed by atoms with Crippen molar-refractivity contribution in [3.63, 3.8) is 0 Å². The normalized spacial score (nSPS) is 17.4. The van der Waals surface area contributed by atoms with Crippen molar-refractivity contribution in [2.75, 3.05) is 30.7 Å². The quantitative estimate of drug-likeness (QED) is 0.345. The average Bonchev–Trinajstić information content (AvgIpc) is 3.54. The molecule has 2 fully saturated rings. The summed E-state index contributed by atoms with van der Waals surface area (Å²) < 4.78 is 1.86. The fraction of sp³-hybridized carbons (Fsp3) is 0.310. The van der Waals surface area contributed by atoms with Crippen LogP contribution in [0.3, 0.4) is 0 Å². The van der Waals surface area contributed by atoms with E-state index in [4.69, 9.17) is 22.3 Å². The number of hydrogen-bond donors (Lipinski definition) is 2. The van der Waals surface area contributed by atoms with Crippen molar-refractivity contribution in [1.82, 2.24) is 24.3 Å². The molecule has 1 aliphatic carbocycles. The minimum Gasteiger partial charge on any atom is -0.369 e. The maximum atomic E-state index is 13.0. The fourth-order valence-corrected chi connectivity index (χ4v) is 5.44. The van der Waals surface area contributed by atoms with Crippen molar-refractivity contribution in [1.29, 1.82) is 0 Å². The summed E-state index contributed by atoms with van der Waals surface area (Å²) >= 11 is 6.64. The standard InChI is InChI=1S/C29H28ClN7O/c1-2-3-13-36-14-10-21(17-36)26-24-9-12-33-29(31)37(24)27(35-26)20-6-7-22(23(30)15-20)28(38)34-25-16-19(8-11-32-25)18-4-5-18/h6-9,11-12,15-16,18,21H,4-5,10,13-14,17H2,1H3,(H2,31,33)(H,32,34,38). The highest BCUT2D eigenvalue weighted by atomic mass is 35.5. The Hall–Kier alpha value is -3.93. The molecule has 3 N–H and O–H groups in total. The predicted octanol–water partition coefficient (Wildman–Crippen LogP) is 4.97. The van der Waals surface area contributed by atoms with Crippen LogP contribution in [0.15, 0.2) is 48.8 Å². The average molecular weight is 526 g/mol. The second-order valence-electron chi connectivity index (χ2n) is 9.89. The summed E-state index contributed by atoms with van der Waals surface area (Å²) in [5, 5.41) is 3.20. The third-order valence-corrected chi connectivity index (χ3v) is 7.61. The minimum absolute atomic E-state index is 0.263. The Morgan fingerprint density at radius 1 is 1.13 bits per heavy atom. The number of carbonyl (C=O) groups excluding carboxylic acids is 1. The number of likely N-dealkylation sites (tertiary alicyclic amines) is 1. The van der Waals surface area contributed by atoms with Gasteiger partial charge in [-0.2, -0.15) is 0 Å². The molecule has 1 aromatic carbocycles. The SMILES string of the molecule is CC#CCN1CCC(c2nc(-c3ccc(C(=O)Nc4cc(C5CC5)ccn4)c(Cl)c3)n3c(N)nccc23)C1. The molecule has 6 rings (SSSR count). The van der Waals surface area contributed by atoms with Crippen LogP contribution in [0.5, 0.6) is 0 Å². The van der Waals surface area contributed by atoms with Crippen molar-refractivity contribution in [3.05, 3.63) is 70.6 Å². The number of rotatable bonds is 6. The fourth-order valence-electron chi connectivity index (χ4n) is 5.18. The van der Waals surface area contributed by atoms with E-state index in [1.165, 1.54) is 18.4 Å². The molecule has 0 radical (unpaired) electrons. The molecule has 9 heteroatoms. The zero-order valence-corrected chi connectivity index (χ0v) is 21.9. The highest BCUT2D eigenvalue weighted by molar-refractivity contribution is 6.34. The van der Waals surface area contributed by atoms with Crippen molar-refractivity contribution in [3.8, 4) is 23.2 Å². The lowest BCUT2D eigenvalue weighted by Crippen LogP contribution is -2.20. The first-order chi connectivity index (χ1) is 18.5. The number of aromatic nitrogens is 4. The van der Waals surface area contributed by atoms with Gasteiger partial charge in [0.2, 0.25) is 5.95 Å². The number of hydrogen-bond acceptors (Lipinski definition) is 6. The van der Waals surface area contributed by atoms with Crippen LogP contribution >= 0.6 is 11.6 Å². The second-order valence-corrected chi connectivity index (χ2v) is 10.3. The van der Waals surface area contributed by atoms with Gasteiger partial charge in [0.05, 0.1) is 28.3 Å². The first-order valence-electron chi connectivity index (χ1n) is 12.8. The lowest BCUT2D eigenvalue weighted by Gasteiger charge is -2.11. The number of nitrogens with zero attached hydrogens (tertiary/aromatic N) is 5. The van der Waals surface area contributed by atoms with E-state index in [0.29, 0.717) is 34.1 Å². The monoisotopic (exact) mass is 525 g/mol. The van der Waals surface area contributed by atoms with Gasteiger partial charge in [0.25, 0.3) is 5.91 Å². The maximum absolute atomic E-state index is 13.0. The van der Waals surface area contributed by atoms with Gasteiger partial charge in [0.1, 0.15) is 11.6 Å². The van der Waals surface area contributed by atoms with E-state index in [0.717, 1.165) is 42.8 Å². The first-order valence-corrected chi connectivity index (χ1v) is 13.2. The Morgan fingerprint density at radius 3 is 2.76 bits per heavy atom. The molecule has 0 bridgehead atoms. The summed E-state index contributed by atoms with van der Waals surface area (Å²) in [6.45, 7) is 4.48. The van der Waals surface area contributed by atoms with Crippen LogP contribution in [-0.2, 0) is 0 Å². The number of nitrogen functional groups attached to an aromatic ring is 1. The topological polar surface area (TPSA) is 101 Å². The molecule has 192 valence electrons. The molecule has 0 spiro atoms. The number of pyridine rings is 1. The summed E-state index contributed by atoms with van der Waals surface area (Å²) in [5.41, 5.74) is 10.6. The Kier molecular flexibility index (Phi) is 6.48. The molecular formula is C29H28ClN7O. The molecule has 1 amide bonds. The van der Waals surface area contributed by atoms with Crippen LogP contribution < -0.4 is 11.1 Å². The number of nitrogens with two attached hydrogens (primary N) is 1. The van der Waals surface area contributed by atoms with E-state index in [1.54, 1.807) is 24.5 Å². The summed E-state index contributed by atoms with van der Waals surface area (Å²) in [6, 6.07) is 11.2. The largest absolute Gasteiger partial charge is 0.369 e. The van der Waals surface area contributed by atoms with Crippen molar-refractivity contribution in [2.45, 2.75) is 38.0 Å². The molecular weight excluding hydrogens is 498 g/mol. The van der Waals surface area contributed by atoms with E-state index in [9.17, 15) is 4.79 Å². The molecule has 3 aromatic heterocycles. The number of carbonyl (C=O) groups is 1. The van der Waals surface area contributed by atoms with Crippen LogP contribution in [0.2, 0.25) is 5.02 Å². The molecule has 4 aromatic rings. The number of fused-ring (bicyclic) bond motifs is 1. The Labute approximate surface area is 226 Å². The third kappa shape index (κ3) is 4.71. The van der Waals surface area contributed by atoms with E-state index < -0.39 is 0 Å². The number of amides is 1. The predicted molar refractivity (Wildman–Crippen MR) is 149 cm³/mol. The van der Waals surface area contributed by atoms with Gasteiger partial charge in [-0.3, -0.25) is 14.1 Å². The van der Waals surface area contributed by atoms with Crippen molar-refractivity contribution in [2.24, 2.45) is 0 Å². The molecule has 1 saturated heterocycles. The van der Waals surface area contributed by atoms with Gasteiger partial charge in [-0.15, -0.1) is 5.92 Å². The molecule has 4 heterocycles. The van der Waals surface area contributed by atoms with Crippen LogP contribution in [-0.4, -0.2) is 49.8 Å². The number of nitrogens with one attached hydrogen (secondary N) is 1. The van der Waals surface area contributed by atoms with Gasteiger partial charge >= 0.3 is 0 Å². The van der Waals surface area contributed by atoms with Crippen LogP contribution in [0.1, 0.15) is 59.6 Å². The molecule has 38 heavy (non-hydrogen) atoms. The molecule has 1 unspecified atom stereocenters. The zero-order valence-electron chi connectivity index (χ0n) is 21.1. The Balaban J connectivity index is 1.29. The van der Waals surface area contributed by atoms with E-state index in [-0.39, 0.29) is 11.8 Å².